The summed E-state index contributed by atoms with van der Waals surface area (Å²) in [6, 6.07) is -0.968. The van der Waals surface area contributed by atoms with Crippen LogP contribution in [0.25, 0.3) is 0 Å². The van der Waals surface area contributed by atoms with E-state index in [-0.39, 0.29) is 24.9 Å². The quantitative estimate of drug-likeness (QED) is 0.655. The minimum absolute atomic E-state index is 0.0685. The molecule has 1 fully saturated rings. The van der Waals surface area contributed by atoms with Crippen molar-refractivity contribution in [3.63, 3.8) is 0 Å². The first-order chi connectivity index (χ1) is 11.0. The van der Waals surface area contributed by atoms with Gasteiger partial charge in [-0.2, -0.15) is 0 Å². The normalized spacial score (nSPS) is 23.5. The summed E-state index contributed by atoms with van der Waals surface area (Å²) in [4.78, 5) is 29.8. The van der Waals surface area contributed by atoms with Gasteiger partial charge in [-0.15, -0.1) is 0 Å². The van der Waals surface area contributed by atoms with Crippen LogP contribution in [0.5, 0.6) is 0 Å². The molecule has 1 heterocycles. The zero-order valence-corrected chi connectivity index (χ0v) is 15.3. The third-order valence-electron chi connectivity index (χ3n) is 3.97. The van der Waals surface area contributed by atoms with Gasteiger partial charge in [0.1, 0.15) is 6.04 Å². The van der Waals surface area contributed by atoms with Crippen molar-refractivity contribution in [1.29, 1.82) is 0 Å². The Balaban J connectivity index is 2.64. The van der Waals surface area contributed by atoms with Gasteiger partial charge in [-0.25, -0.2) is 4.39 Å². The average Bonchev–Trinajstić information content (AvgIpc) is 2.72. The number of amides is 2. The van der Waals surface area contributed by atoms with E-state index < -0.39 is 23.7 Å². The number of nitrogens with one attached hydrogen (secondary N) is 1. The Morgan fingerprint density at radius 2 is 2.17 bits per heavy atom. The van der Waals surface area contributed by atoms with Crippen LogP contribution < -0.4 is 5.32 Å². The van der Waals surface area contributed by atoms with E-state index in [1.165, 1.54) is 13.8 Å². The highest BCUT2D eigenvalue weighted by Gasteiger charge is 2.45. The van der Waals surface area contributed by atoms with E-state index in [9.17, 15) is 19.1 Å². The zero-order chi connectivity index (χ0) is 18.5. The van der Waals surface area contributed by atoms with Crippen LogP contribution in [0.4, 0.5) is 4.39 Å². The van der Waals surface area contributed by atoms with Gasteiger partial charge in [-0.05, 0) is 47.5 Å². The molecule has 0 aromatic heterocycles. The predicted molar refractivity (Wildman–Crippen MR) is 91.8 cm³/mol. The third kappa shape index (κ3) is 6.19. The topological polar surface area (TPSA) is 82.0 Å². The number of hydrogen-bond donors (Lipinski definition) is 2. The van der Waals surface area contributed by atoms with Crippen LogP contribution in [0.15, 0.2) is 4.99 Å². The first-order valence-corrected chi connectivity index (χ1v) is 8.52. The van der Waals surface area contributed by atoms with E-state index in [0.717, 1.165) is 30.0 Å². The number of hydrogen-bond acceptors (Lipinski definition) is 4. The molecule has 0 aromatic carbocycles. The van der Waals surface area contributed by atoms with Crippen molar-refractivity contribution in [3.8, 4) is 0 Å². The SMILES string of the molecule is CC/N=C(\C)CCC(C)NC(=O)[C@@H]1C[C@@H](F)C(=O)N1CC(C)(C)O. The molecule has 2 N–H and O–H groups in total. The minimum Gasteiger partial charge on any atom is -0.389 e. The van der Waals surface area contributed by atoms with E-state index in [1.54, 1.807) is 0 Å². The number of aliphatic hydroxyl groups is 1. The fourth-order valence-corrected chi connectivity index (χ4v) is 2.80. The van der Waals surface area contributed by atoms with Gasteiger partial charge in [-0.1, -0.05) is 0 Å². The maximum Gasteiger partial charge on any atom is 0.257 e. The molecule has 6 nitrogen and oxygen atoms in total. The molecular formula is C17H30FN3O3. The standard InChI is InChI=1S/C17H30FN3O3/c1-6-19-11(2)7-8-12(3)20-15(22)14-9-13(18)16(23)21(14)10-17(4,5)24/h12-14,24H,6-10H2,1-5H3,(H,20,22)/b19-11+/t12?,13-,14+/m1/s1. The maximum absolute atomic E-state index is 13.8. The molecule has 0 bridgehead atoms. The first kappa shape index (κ1) is 20.5. The first-order valence-electron chi connectivity index (χ1n) is 8.52. The molecule has 0 saturated carbocycles. The molecule has 1 saturated heterocycles. The van der Waals surface area contributed by atoms with Crippen LogP contribution in [0.2, 0.25) is 0 Å². The van der Waals surface area contributed by atoms with Crippen molar-refractivity contribution in [2.75, 3.05) is 13.1 Å². The molecular weight excluding hydrogens is 313 g/mol. The molecule has 1 unspecified atom stereocenters. The summed E-state index contributed by atoms with van der Waals surface area (Å²) in [6.07, 6.45) is -0.342. The van der Waals surface area contributed by atoms with Crippen LogP contribution in [0.1, 0.15) is 53.9 Å². The highest BCUT2D eigenvalue weighted by atomic mass is 19.1. The summed E-state index contributed by atoms with van der Waals surface area (Å²) in [5.74, 6) is -1.10. The lowest BCUT2D eigenvalue weighted by Crippen LogP contribution is -2.51. The van der Waals surface area contributed by atoms with Crippen molar-refractivity contribution in [2.24, 2.45) is 4.99 Å². The maximum atomic E-state index is 13.8. The lowest BCUT2D eigenvalue weighted by atomic mass is 10.1. The monoisotopic (exact) mass is 343 g/mol. The Morgan fingerprint density at radius 3 is 2.71 bits per heavy atom. The van der Waals surface area contributed by atoms with Gasteiger partial charge in [0, 0.05) is 31.3 Å². The van der Waals surface area contributed by atoms with Gasteiger partial charge in [0.25, 0.3) is 5.91 Å². The minimum atomic E-state index is -1.68. The summed E-state index contributed by atoms with van der Waals surface area (Å²) in [5.41, 5.74) is -0.153. The number of β-amino-alcohol motifs (C(OH)–C–C–N with tert-alkyl or cyclic N) is 1. The average molecular weight is 343 g/mol. The van der Waals surface area contributed by atoms with Crippen LogP contribution in [0, 0.1) is 0 Å². The Hall–Kier alpha value is -1.50. The number of likely N-dealkylation sites (tertiary alicyclic amines) is 1. The van der Waals surface area contributed by atoms with Gasteiger partial charge < -0.3 is 15.3 Å². The fraction of sp³-hybridized carbons (Fsp3) is 0.824. The van der Waals surface area contributed by atoms with Gasteiger partial charge in [0.15, 0.2) is 6.17 Å². The van der Waals surface area contributed by atoms with Gasteiger partial charge in [-0.3, -0.25) is 14.6 Å². The van der Waals surface area contributed by atoms with E-state index in [1.807, 2.05) is 20.8 Å². The molecule has 1 rings (SSSR count). The van der Waals surface area contributed by atoms with Crippen LogP contribution in [-0.2, 0) is 9.59 Å². The van der Waals surface area contributed by atoms with Crippen LogP contribution in [0.3, 0.4) is 0 Å². The summed E-state index contributed by atoms with van der Waals surface area (Å²) >= 11 is 0. The lowest BCUT2D eigenvalue weighted by Gasteiger charge is -2.30. The molecule has 3 atom stereocenters. The van der Waals surface area contributed by atoms with E-state index in [4.69, 9.17) is 0 Å². The molecule has 0 radical (unpaired) electrons. The molecule has 2 amide bonds. The Kier molecular flexibility index (Phi) is 7.32. The van der Waals surface area contributed by atoms with Crippen molar-refractivity contribution in [2.45, 2.75) is 77.7 Å². The molecule has 138 valence electrons. The zero-order valence-electron chi connectivity index (χ0n) is 15.3. The number of carbonyl (C=O) groups excluding carboxylic acids is 2. The van der Waals surface area contributed by atoms with E-state index in [2.05, 4.69) is 10.3 Å². The van der Waals surface area contributed by atoms with Crippen LogP contribution >= 0.6 is 0 Å². The second-order valence-electron chi connectivity index (χ2n) is 7.16. The summed E-state index contributed by atoms with van der Waals surface area (Å²) < 4.78 is 13.8. The molecule has 24 heavy (non-hydrogen) atoms. The molecule has 0 spiro atoms. The largest absolute Gasteiger partial charge is 0.389 e. The van der Waals surface area contributed by atoms with E-state index in [0.29, 0.717) is 0 Å². The highest BCUT2D eigenvalue weighted by Crippen LogP contribution is 2.24. The Bertz CT molecular complexity index is 488. The van der Waals surface area contributed by atoms with Crippen molar-refractivity contribution < 1.29 is 19.1 Å². The molecule has 0 aliphatic carbocycles. The molecule has 1 aliphatic rings. The number of halogens is 1. The second-order valence-corrected chi connectivity index (χ2v) is 7.16. The van der Waals surface area contributed by atoms with E-state index >= 15 is 0 Å². The second kappa shape index (κ2) is 8.55. The number of carbonyl (C=O) groups is 2. The van der Waals surface area contributed by atoms with Gasteiger partial charge in [0.2, 0.25) is 5.91 Å². The van der Waals surface area contributed by atoms with Crippen molar-refractivity contribution in [3.05, 3.63) is 0 Å². The summed E-state index contributed by atoms with van der Waals surface area (Å²) in [6.45, 7) is 9.52. The molecule has 0 aromatic rings. The van der Waals surface area contributed by atoms with Gasteiger partial charge >= 0.3 is 0 Å². The molecule has 7 heteroatoms. The molecule has 1 aliphatic heterocycles. The Morgan fingerprint density at radius 1 is 1.54 bits per heavy atom. The highest BCUT2D eigenvalue weighted by molar-refractivity contribution is 5.93. The lowest BCUT2D eigenvalue weighted by molar-refractivity contribution is -0.140. The summed E-state index contributed by atoms with van der Waals surface area (Å²) in [5, 5.41) is 12.7. The van der Waals surface area contributed by atoms with Crippen LogP contribution in [-0.4, -0.2) is 64.5 Å². The number of alkyl halides is 1. The third-order valence-corrected chi connectivity index (χ3v) is 3.97. The predicted octanol–water partition coefficient (Wildman–Crippen LogP) is 1.46. The number of rotatable bonds is 8. The smallest absolute Gasteiger partial charge is 0.257 e. The summed E-state index contributed by atoms with van der Waals surface area (Å²) in [7, 11) is 0. The van der Waals surface area contributed by atoms with Crippen molar-refractivity contribution in [1.82, 2.24) is 10.2 Å². The van der Waals surface area contributed by atoms with Crippen molar-refractivity contribution >= 4 is 17.5 Å². The Labute approximate surface area is 143 Å². The fourth-order valence-electron chi connectivity index (χ4n) is 2.80. The number of aliphatic imine (C=N–C) groups is 1. The van der Waals surface area contributed by atoms with Gasteiger partial charge in [0.05, 0.1) is 5.60 Å². The number of nitrogens with zero attached hydrogens (tertiary/aromatic N) is 2.